The summed E-state index contributed by atoms with van der Waals surface area (Å²) in [5.74, 6) is 0. The number of rotatable bonds is 7. The molecule has 0 saturated carbocycles. The fourth-order valence-electron chi connectivity index (χ4n) is 1.55. The van der Waals surface area contributed by atoms with Gasteiger partial charge < -0.3 is 19.5 Å². The third kappa shape index (κ3) is 5.17. The van der Waals surface area contributed by atoms with Crippen LogP contribution in [0, 0.1) is 0 Å². The Morgan fingerprint density at radius 1 is 0.917 bits per heavy atom. The largest absolute Gasteiger partial charge is 0.494 e. The van der Waals surface area contributed by atoms with E-state index in [2.05, 4.69) is 4.98 Å². The second-order valence-corrected chi connectivity index (χ2v) is 8.51. The average Bonchev–Trinajstić information content (AvgIpc) is 2.34. The number of hydrogen-bond acceptors (Lipinski definition) is 5. The topological polar surface area (TPSA) is 71.8 Å². The Labute approximate surface area is 150 Å². The lowest BCUT2D eigenvalue weighted by molar-refractivity contribution is -0.131. The summed E-state index contributed by atoms with van der Waals surface area (Å²) < 4.78 is 12.2. The summed E-state index contributed by atoms with van der Waals surface area (Å²) >= 11 is 5.99. The van der Waals surface area contributed by atoms with Crippen LogP contribution in [0.4, 0.5) is 0 Å². The Kier molecular flexibility index (Phi) is 6.17. The summed E-state index contributed by atoms with van der Waals surface area (Å²) in [5, 5.41) is 21.1. The van der Waals surface area contributed by atoms with Gasteiger partial charge >= 0.3 is 7.12 Å². The maximum Gasteiger partial charge on any atom is 0.494 e. The van der Waals surface area contributed by atoms with Gasteiger partial charge in [-0.1, -0.05) is 11.6 Å². The number of nitrogens with zero attached hydrogens (tertiary/aromatic N) is 1. The van der Waals surface area contributed by atoms with Crippen molar-refractivity contribution in [1.82, 2.24) is 4.98 Å². The Hall–Kier alpha value is -0.655. The molecule has 0 aromatic carbocycles. The summed E-state index contributed by atoms with van der Waals surface area (Å²) in [5.41, 5.74) is -3.38. The van der Waals surface area contributed by atoms with Crippen molar-refractivity contribution in [3.05, 3.63) is 23.5 Å². The van der Waals surface area contributed by atoms with Gasteiger partial charge in [0.1, 0.15) is 5.15 Å². The number of aliphatic hydroxyl groups is 2. The van der Waals surface area contributed by atoms with Gasteiger partial charge in [0.05, 0.1) is 22.4 Å². The van der Waals surface area contributed by atoms with Crippen molar-refractivity contribution in [2.75, 3.05) is 0 Å². The molecular formula is C17H29BClNO4. The molecule has 0 aliphatic carbocycles. The maximum atomic E-state index is 10.4. The number of aromatic nitrogens is 1. The highest BCUT2D eigenvalue weighted by molar-refractivity contribution is 6.61. The van der Waals surface area contributed by atoms with Crippen LogP contribution >= 0.6 is 11.6 Å². The first-order valence-corrected chi connectivity index (χ1v) is 8.36. The first kappa shape index (κ1) is 21.4. The van der Waals surface area contributed by atoms with E-state index in [1.165, 1.54) is 0 Å². The zero-order chi connectivity index (χ0) is 19.0. The van der Waals surface area contributed by atoms with Crippen molar-refractivity contribution in [3.63, 3.8) is 0 Å². The zero-order valence-corrected chi connectivity index (χ0v) is 16.6. The van der Waals surface area contributed by atoms with Gasteiger partial charge in [0, 0.05) is 6.20 Å². The average molecular weight is 358 g/mol. The van der Waals surface area contributed by atoms with E-state index in [9.17, 15) is 10.2 Å². The van der Waals surface area contributed by atoms with Crippen molar-refractivity contribution >= 4 is 24.2 Å². The van der Waals surface area contributed by atoms with Crippen molar-refractivity contribution in [1.29, 1.82) is 0 Å². The van der Waals surface area contributed by atoms with Crippen LogP contribution in [0.2, 0.25) is 5.15 Å². The molecular weight excluding hydrogens is 328 g/mol. The second-order valence-electron chi connectivity index (χ2n) is 8.12. The van der Waals surface area contributed by atoms with Crippen LogP contribution in [0.3, 0.4) is 0 Å². The normalized spacial score (nSPS) is 14.0. The van der Waals surface area contributed by atoms with E-state index in [-0.39, 0.29) is 0 Å². The molecule has 0 aliphatic rings. The third-order valence-corrected chi connectivity index (χ3v) is 4.98. The van der Waals surface area contributed by atoms with E-state index < -0.39 is 29.5 Å². The monoisotopic (exact) mass is 357 g/mol. The highest BCUT2D eigenvalue weighted by atomic mass is 35.5. The van der Waals surface area contributed by atoms with Gasteiger partial charge in [-0.25, -0.2) is 4.98 Å². The van der Waals surface area contributed by atoms with E-state index in [0.29, 0.717) is 10.6 Å². The van der Waals surface area contributed by atoms with Gasteiger partial charge in [0.2, 0.25) is 0 Å². The molecule has 0 amide bonds. The first-order chi connectivity index (χ1) is 10.6. The van der Waals surface area contributed by atoms with Crippen LogP contribution in [-0.2, 0) is 9.31 Å². The van der Waals surface area contributed by atoms with Crippen LogP contribution < -0.4 is 5.46 Å². The molecule has 24 heavy (non-hydrogen) atoms. The molecule has 0 atom stereocenters. The molecule has 0 radical (unpaired) electrons. The molecule has 7 heteroatoms. The summed E-state index contributed by atoms with van der Waals surface area (Å²) in [6.45, 7) is 13.8. The minimum atomic E-state index is -1.11. The summed E-state index contributed by atoms with van der Waals surface area (Å²) in [7, 11) is -0.839. The molecule has 0 spiro atoms. The van der Waals surface area contributed by atoms with Crippen molar-refractivity contribution in [2.45, 2.75) is 77.8 Å². The molecule has 0 unspecified atom stereocenters. The van der Waals surface area contributed by atoms with Crippen LogP contribution in [0.1, 0.15) is 55.4 Å². The molecule has 1 heterocycles. The highest BCUT2D eigenvalue weighted by Gasteiger charge is 2.45. The molecule has 2 N–H and O–H groups in total. The molecule has 0 aliphatic heterocycles. The van der Waals surface area contributed by atoms with Gasteiger partial charge in [-0.15, -0.1) is 0 Å². The minimum absolute atomic E-state index is 0.312. The highest BCUT2D eigenvalue weighted by Crippen LogP contribution is 2.30. The fourth-order valence-corrected chi connectivity index (χ4v) is 1.73. The number of hydrogen-bond donors (Lipinski definition) is 2. The van der Waals surface area contributed by atoms with Gasteiger partial charge in [0.25, 0.3) is 0 Å². The summed E-state index contributed by atoms with van der Waals surface area (Å²) in [6.07, 6.45) is 1.56. The number of halogens is 1. The second kappa shape index (κ2) is 6.92. The molecule has 1 rings (SSSR count). The Balaban J connectivity index is 3.23. The first-order valence-electron chi connectivity index (χ1n) is 7.99. The van der Waals surface area contributed by atoms with Crippen LogP contribution in [0.5, 0.6) is 0 Å². The van der Waals surface area contributed by atoms with Gasteiger partial charge in [-0.3, -0.25) is 0 Å². The van der Waals surface area contributed by atoms with Crippen molar-refractivity contribution in [2.24, 2.45) is 0 Å². The molecule has 1 aromatic rings. The minimum Gasteiger partial charge on any atom is -0.399 e. The standard InChI is InChI=1S/C17H29BClNO4/c1-14(2,21)16(5,6)23-18(12-9-10-20-13(19)11-12)24-17(7,8)15(3,4)22/h9-11,21-22H,1-8H3. The molecule has 1 aromatic heterocycles. The van der Waals surface area contributed by atoms with Crippen molar-refractivity contribution in [3.8, 4) is 0 Å². The molecule has 0 saturated heterocycles. The summed E-state index contributed by atoms with van der Waals surface area (Å²) in [6, 6.07) is 3.38. The predicted octanol–water partition coefficient (Wildman–Crippen LogP) is 2.56. The quantitative estimate of drug-likeness (QED) is 0.579. The third-order valence-electron chi connectivity index (χ3n) is 4.77. The molecule has 0 bridgehead atoms. The molecule has 136 valence electrons. The van der Waals surface area contributed by atoms with E-state index in [0.717, 1.165) is 0 Å². The van der Waals surface area contributed by atoms with Gasteiger partial charge in [-0.05, 0) is 73.0 Å². The van der Waals surface area contributed by atoms with Crippen LogP contribution in [0.25, 0.3) is 0 Å². The SMILES string of the molecule is CC(C)(O)C(C)(C)OB(OC(C)(C)C(C)(C)O)c1ccnc(Cl)c1. The fraction of sp³-hybridized carbons (Fsp3) is 0.706. The van der Waals surface area contributed by atoms with Crippen LogP contribution in [-0.4, -0.2) is 44.7 Å². The summed E-state index contributed by atoms with van der Waals surface area (Å²) in [4.78, 5) is 3.97. The Morgan fingerprint density at radius 3 is 1.67 bits per heavy atom. The lowest BCUT2D eigenvalue weighted by atomic mass is 9.74. The Bertz CT molecular complexity index is 536. The van der Waals surface area contributed by atoms with E-state index >= 15 is 0 Å². The van der Waals surface area contributed by atoms with Gasteiger partial charge in [-0.2, -0.15) is 0 Å². The van der Waals surface area contributed by atoms with Crippen molar-refractivity contribution < 1.29 is 19.5 Å². The van der Waals surface area contributed by atoms with Crippen LogP contribution in [0.15, 0.2) is 18.3 Å². The lowest BCUT2D eigenvalue weighted by Crippen LogP contribution is -2.58. The zero-order valence-electron chi connectivity index (χ0n) is 15.8. The predicted molar refractivity (Wildman–Crippen MR) is 97.6 cm³/mol. The van der Waals surface area contributed by atoms with E-state index in [1.54, 1.807) is 73.7 Å². The number of pyridine rings is 1. The molecule has 0 fully saturated rings. The van der Waals surface area contributed by atoms with E-state index in [4.69, 9.17) is 20.9 Å². The molecule has 5 nitrogen and oxygen atoms in total. The van der Waals surface area contributed by atoms with E-state index in [1.807, 2.05) is 0 Å². The lowest BCUT2D eigenvalue weighted by Gasteiger charge is -2.43. The Morgan fingerprint density at radius 2 is 1.33 bits per heavy atom. The maximum absolute atomic E-state index is 10.4. The van der Waals surface area contributed by atoms with Gasteiger partial charge in [0.15, 0.2) is 0 Å². The smallest absolute Gasteiger partial charge is 0.399 e.